The number of ether oxygens (including phenoxy) is 1. The lowest BCUT2D eigenvalue weighted by molar-refractivity contribution is 0.141. The summed E-state index contributed by atoms with van der Waals surface area (Å²) >= 11 is 0. The average molecular weight is 211 g/mol. The summed E-state index contributed by atoms with van der Waals surface area (Å²) < 4.78 is 5.20. The number of methoxy groups -OCH3 is 1. The summed E-state index contributed by atoms with van der Waals surface area (Å²) in [6, 6.07) is 0.672. The highest BCUT2D eigenvalue weighted by Crippen LogP contribution is 2.13. The summed E-state index contributed by atoms with van der Waals surface area (Å²) in [5, 5.41) is 10.3. The first-order valence-electron chi connectivity index (χ1n) is 5.38. The number of aromatic amines is 1. The molecular formula is C11H21N3O. The maximum absolute atomic E-state index is 5.20. The zero-order chi connectivity index (χ0) is 11.3. The molecule has 1 aromatic heterocycles. The lowest BCUT2D eigenvalue weighted by Gasteiger charge is -2.25. The molecule has 15 heavy (non-hydrogen) atoms. The topological polar surface area (TPSA) is 49.9 Å². The molecule has 0 bridgehead atoms. The fraction of sp³-hybridized carbons (Fsp3) is 0.727. The standard InChI is InChI=1S/C11H21N3O/c1-8(2)11(7-15-4)14-9(3)10-5-12-13-6-10/h5-6,8-9,11,14H,7H2,1-4H3,(H,12,13). The minimum absolute atomic E-state index is 0.297. The molecule has 0 spiro atoms. The van der Waals surface area contributed by atoms with Crippen LogP contribution in [0, 0.1) is 5.92 Å². The number of aromatic nitrogens is 2. The Bertz CT molecular complexity index is 259. The average Bonchev–Trinajstić information content (AvgIpc) is 2.69. The van der Waals surface area contributed by atoms with E-state index in [1.54, 1.807) is 7.11 Å². The molecule has 0 saturated carbocycles. The minimum atomic E-state index is 0.297. The van der Waals surface area contributed by atoms with Crippen LogP contribution >= 0.6 is 0 Å². The van der Waals surface area contributed by atoms with Gasteiger partial charge in [0, 0.05) is 31.0 Å². The van der Waals surface area contributed by atoms with Gasteiger partial charge in [0.2, 0.25) is 0 Å². The molecule has 0 aliphatic heterocycles. The van der Waals surface area contributed by atoms with E-state index < -0.39 is 0 Å². The third-order valence-corrected chi connectivity index (χ3v) is 2.63. The molecular weight excluding hydrogens is 190 g/mol. The van der Waals surface area contributed by atoms with E-state index >= 15 is 0 Å². The van der Waals surface area contributed by atoms with E-state index in [9.17, 15) is 0 Å². The number of nitrogens with zero attached hydrogens (tertiary/aromatic N) is 1. The Labute approximate surface area is 91.4 Å². The van der Waals surface area contributed by atoms with E-state index in [1.165, 1.54) is 5.56 Å². The van der Waals surface area contributed by atoms with Crippen LogP contribution in [0.15, 0.2) is 12.4 Å². The van der Waals surface area contributed by atoms with E-state index in [1.807, 2.05) is 12.4 Å². The predicted octanol–water partition coefficient (Wildman–Crippen LogP) is 1.73. The van der Waals surface area contributed by atoms with Crippen LogP contribution in [0.3, 0.4) is 0 Å². The number of nitrogens with one attached hydrogen (secondary N) is 2. The third-order valence-electron chi connectivity index (χ3n) is 2.63. The van der Waals surface area contributed by atoms with Gasteiger partial charge in [-0.2, -0.15) is 5.10 Å². The van der Waals surface area contributed by atoms with Crippen molar-refractivity contribution in [1.29, 1.82) is 0 Å². The van der Waals surface area contributed by atoms with Crippen LogP contribution in [-0.2, 0) is 4.74 Å². The summed E-state index contributed by atoms with van der Waals surface area (Å²) in [6.07, 6.45) is 3.77. The van der Waals surface area contributed by atoms with Gasteiger partial charge in [-0.3, -0.25) is 5.10 Å². The van der Waals surface area contributed by atoms with Crippen molar-refractivity contribution < 1.29 is 4.74 Å². The van der Waals surface area contributed by atoms with Gasteiger partial charge in [-0.25, -0.2) is 0 Å². The van der Waals surface area contributed by atoms with Crippen LogP contribution in [0.1, 0.15) is 32.4 Å². The molecule has 1 heterocycles. The molecule has 0 fully saturated rings. The van der Waals surface area contributed by atoms with Crippen molar-refractivity contribution in [3.63, 3.8) is 0 Å². The van der Waals surface area contributed by atoms with E-state index in [0.717, 1.165) is 6.61 Å². The first-order valence-corrected chi connectivity index (χ1v) is 5.38. The second-order valence-corrected chi connectivity index (χ2v) is 4.23. The van der Waals surface area contributed by atoms with Crippen molar-refractivity contribution in [2.75, 3.05) is 13.7 Å². The molecule has 0 amide bonds. The van der Waals surface area contributed by atoms with Crippen molar-refractivity contribution in [2.24, 2.45) is 5.92 Å². The maximum atomic E-state index is 5.20. The summed E-state index contributed by atoms with van der Waals surface area (Å²) in [5.74, 6) is 0.555. The van der Waals surface area contributed by atoms with Gasteiger partial charge in [-0.1, -0.05) is 13.8 Å². The smallest absolute Gasteiger partial charge is 0.0618 e. The monoisotopic (exact) mass is 211 g/mol. The number of rotatable bonds is 6. The number of H-pyrrole nitrogens is 1. The van der Waals surface area contributed by atoms with Crippen LogP contribution < -0.4 is 5.32 Å². The largest absolute Gasteiger partial charge is 0.383 e. The molecule has 0 aromatic carbocycles. The van der Waals surface area contributed by atoms with Crippen LogP contribution in [0.25, 0.3) is 0 Å². The molecule has 0 aliphatic rings. The first-order chi connectivity index (χ1) is 7.15. The highest BCUT2D eigenvalue weighted by Gasteiger charge is 2.16. The summed E-state index contributed by atoms with van der Waals surface area (Å²) in [4.78, 5) is 0. The maximum Gasteiger partial charge on any atom is 0.0618 e. The quantitative estimate of drug-likeness (QED) is 0.753. The number of hydrogen-bond acceptors (Lipinski definition) is 3. The van der Waals surface area contributed by atoms with Gasteiger partial charge in [0.05, 0.1) is 12.8 Å². The van der Waals surface area contributed by atoms with Gasteiger partial charge in [0.1, 0.15) is 0 Å². The second-order valence-electron chi connectivity index (χ2n) is 4.23. The SMILES string of the molecule is COCC(NC(C)c1cn[nH]c1)C(C)C. The van der Waals surface area contributed by atoms with Crippen LogP contribution in [0.4, 0.5) is 0 Å². The molecule has 2 N–H and O–H groups in total. The van der Waals surface area contributed by atoms with Gasteiger partial charge in [-0.15, -0.1) is 0 Å². The van der Waals surface area contributed by atoms with Crippen LogP contribution in [-0.4, -0.2) is 30.0 Å². The lowest BCUT2D eigenvalue weighted by atomic mass is 10.0. The van der Waals surface area contributed by atoms with Crippen LogP contribution in [0.2, 0.25) is 0 Å². The fourth-order valence-corrected chi connectivity index (χ4v) is 1.53. The Balaban J connectivity index is 2.50. The predicted molar refractivity (Wildman–Crippen MR) is 60.6 cm³/mol. The molecule has 0 radical (unpaired) electrons. The minimum Gasteiger partial charge on any atom is -0.383 e. The third kappa shape index (κ3) is 3.64. The van der Waals surface area contributed by atoms with E-state index in [0.29, 0.717) is 18.0 Å². The van der Waals surface area contributed by atoms with Crippen molar-refractivity contribution in [1.82, 2.24) is 15.5 Å². The molecule has 1 rings (SSSR count). The Morgan fingerprint density at radius 2 is 2.20 bits per heavy atom. The summed E-state index contributed by atoms with van der Waals surface area (Å²) in [5.41, 5.74) is 1.18. The first kappa shape index (κ1) is 12.2. The van der Waals surface area contributed by atoms with Crippen molar-refractivity contribution in [3.05, 3.63) is 18.0 Å². The van der Waals surface area contributed by atoms with Crippen molar-refractivity contribution >= 4 is 0 Å². The molecule has 4 nitrogen and oxygen atoms in total. The van der Waals surface area contributed by atoms with E-state index in [4.69, 9.17) is 4.74 Å². The zero-order valence-corrected chi connectivity index (χ0v) is 9.95. The molecule has 0 aliphatic carbocycles. The normalized spacial score (nSPS) is 15.5. The summed E-state index contributed by atoms with van der Waals surface area (Å²) in [6.45, 7) is 7.26. The van der Waals surface area contributed by atoms with E-state index in [2.05, 4.69) is 36.3 Å². The molecule has 4 heteroatoms. The molecule has 86 valence electrons. The number of hydrogen-bond donors (Lipinski definition) is 2. The van der Waals surface area contributed by atoms with Crippen molar-refractivity contribution in [3.8, 4) is 0 Å². The Morgan fingerprint density at radius 3 is 2.67 bits per heavy atom. The van der Waals surface area contributed by atoms with Crippen LogP contribution in [0.5, 0.6) is 0 Å². The highest BCUT2D eigenvalue weighted by molar-refractivity contribution is 5.08. The zero-order valence-electron chi connectivity index (χ0n) is 9.95. The fourth-order valence-electron chi connectivity index (χ4n) is 1.53. The van der Waals surface area contributed by atoms with Crippen molar-refractivity contribution in [2.45, 2.75) is 32.9 Å². The van der Waals surface area contributed by atoms with Gasteiger partial charge < -0.3 is 10.1 Å². The Hall–Kier alpha value is -0.870. The second kappa shape index (κ2) is 5.88. The van der Waals surface area contributed by atoms with Gasteiger partial charge in [0.15, 0.2) is 0 Å². The van der Waals surface area contributed by atoms with Gasteiger partial charge >= 0.3 is 0 Å². The molecule has 0 saturated heterocycles. The lowest BCUT2D eigenvalue weighted by Crippen LogP contribution is -2.39. The Kier molecular flexibility index (Phi) is 4.78. The van der Waals surface area contributed by atoms with Gasteiger partial charge in [0.25, 0.3) is 0 Å². The highest BCUT2D eigenvalue weighted by atomic mass is 16.5. The summed E-state index contributed by atoms with van der Waals surface area (Å²) in [7, 11) is 1.74. The Morgan fingerprint density at radius 1 is 1.47 bits per heavy atom. The van der Waals surface area contributed by atoms with E-state index in [-0.39, 0.29) is 0 Å². The van der Waals surface area contributed by atoms with Gasteiger partial charge in [-0.05, 0) is 12.8 Å². The molecule has 2 unspecified atom stereocenters. The molecule has 2 atom stereocenters. The molecule has 1 aromatic rings.